The number of aromatic hydroxyl groups is 1. The zero-order chi connectivity index (χ0) is 16.1. The van der Waals surface area contributed by atoms with E-state index in [0.29, 0.717) is 29.4 Å². The molecule has 0 aliphatic carbocycles. The van der Waals surface area contributed by atoms with Crippen molar-refractivity contribution >= 4 is 0 Å². The minimum Gasteiger partial charge on any atom is -0.508 e. The van der Waals surface area contributed by atoms with Crippen LogP contribution in [0.3, 0.4) is 0 Å². The highest BCUT2D eigenvalue weighted by atomic mass is 16.5. The van der Waals surface area contributed by atoms with Crippen LogP contribution in [0.4, 0.5) is 0 Å². The van der Waals surface area contributed by atoms with Gasteiger partial charge in [-0.1, -0.05) is 0 Å². The maximum absolute atomic E-state index is 9.67. The monoisotopic (exact) mass is 304 g/mol. The molecule has 0 saturated carbocycles. The first kappa shape index (κ1) is 15.8. The van der Waals surface area contributed by atoms with Crippen LogP contribution in [0.1, 0.15) is 11.1 Å². The Bertz CT molecular complexity index is 626. The molecule has 5 heteroatoms. The van der Waals surface area contributed by atoms with Crippen LogP contribution in [0.15, 0.2) is 30.3 Å². The van der Waals surface area contributed by atoms with Gasteiger partial charge in [0.25, 0.3) is 0 Å². The summed E-state index contributed by atoms with van der Waals surface area (Å²) in [6, 6.07) is 8.78. The minimum absolute atomic E-state index is 0.197. The van der Waals surface area contributed by atoms with Gasteiger partial charge in [-0.25, -0.2) is 0 Å². The highest BCUT2D eigenvalue weighted by molar-refractivity contribution is 5.55. The van der Waals surface area contributed by atoms with E-state index < -0.39 is 0 Å². The molecule has 2 aromatic rings. The van der Waals surface area contributed by atoms with Crippen LogP contribution in [0.5, 0.6) is 28.7 Å². The summed E-state index contributed by atoms with van der Waals surface area (Å²) in [6.07, 6.45) is 0.564. The maximum Gasteiger partial charge on any atom is 0.203 e. The summed E-state index contributed by atoms with van der Waals surface area (Å²) < 4.78 is 21.3. The second-order valence-electron chi connectivity index (χ2n) is 4.71. The average Bonchev–Trinajstić information content (AvgIpc) is 2.54. The molecular weight excluding hydrogens is 284 g/mol. The summed E-state index contributed by atoms with van der Waals surface area (Å²) in [6.45, 7) is 0. The molecule has 0 unspecified atom stereocenters. The quantitative estimate of drug-likeness (QED) is 0.889. The molecule has 0 aliphatic rings. The Balaban J connectivity index is 2.44. The van der Waals surface area contributed by atoms with Crippen LogP contribution in [0.25, 0.3) is 0 Å². The van der Waals surface area contributed by atoms with Crippen molar-refractivity contribution in [2.75, 3.05) is 28.4 Å². The number of methoxy groups -OCH3 is 4. The molecule has 118 valence electrons. The summed E-state index contributed by atoms with van der Waals surface area (Å²) >= 11 is 0. The molecule has 0 bridgehead atoms. The zero-order valence-electron chi connectivity index (χ0n) is 13.2. The van der Waals surface area contributed by atoms with Crippen molar-refractivity contribution in [3.8, 4) is 28.7 Å². The van der Waals surface area contributed by atoms with Gasteiger partial charge in [0, 0.05) is 12.0 Å². The summed E-state index contributed by atoms with van der Waals surface area (Å²) in [5, 5.41) is 9.67. The van der Waals surface area contributed by atoms with Gasteiger partial charge in [0.2, 0.25) is 5.75 Å². The molecule has 0 aromatic heterocycles. The second kappa shape index (κ2) is 6.93. The third kappa shape index (κ3) is 3.19. The van der Waals surface area contributed by atoms with Crippen LogP contribution in [-0.2, 0) is 6.42 Å². The molecule has 0 radical (unpaired) electrons. The SMILES string of the molecule is COc1ccc(O)cc1Cc1cc(OC)c(OC)c(OC)c1. The largest absolute Gasteiger partial charge is 0.508 e. The third-order valence-electron chi connectivity index (χ3n) is 3.38. The summed E-state index contributed by atoms with van der Waals surface area (Å²) in [7, 11) is 6.33. The number of phenolic OH excluding ortho intramolecular Hbond substituents is 1. The van der Waals surface area contributed by atoms with E-state index in [-0.39, 0.29) is 5.75 Å². The Hall–Kier alpha value is -2.56. The fraction of sp³-hybridized carbons (Fsp3) is 0.294. The molecular formula is C17H20O5. The first-order valence-electron chi connectivity index (χ1n) is 6.77. The molecule has 1 N–H and O–H groups in total. The normalized spacial score (nSPS) is 10.2. The number of ether oxygens (including phenoxy) is 4. The lowest BCUT2D eigenvalue weighted by atomic mass is 10.0. The molecule has 0 atom stereocenters. The minimum atomic E-state index is 0.197. The highest BCUT2D eigenvalue weighted by Gasteiger charge is 2.14. The van der Waals surface area contributed by atoms with Gasteiger partial charge in [-0.2, -0.15) is 0 Å². The first-order valence-corrected chi connectivity index (χ1v) is 6.77. The van der Waals surface area contributed by atoms with E-state index >= 15 is 0 Å². The van der Waals surface area contributed by atoms with E-state index in [1.165, 1.54) is 0 Å². The fourth-order valence-corrected chi connectivity index (χ4v) is 2.36. The van der Waals surface area contributed by atoms with Crippen LogP contribution < -0.4 is 18.9 Å². The molecule has 0 heterocycles. The van der Waals surface area contributed by atoms with Crippen molar-refractivity contribution in [3.05, 3.63) is 41.5 Å². The number of hydrogen-bond acceptors (Lipinski definition) is 5. The molecule has 0 spiro atoms. The lowest BCUT2D eigenvalue weighted by molar-refractivity contribution is 0.324. The molecule has 5 nitrogen and oxygen atoms in total. The average molecular weight is 304 g/mol. The second-order valence-corrected chi connectivity index (χ2v) is 4.71. The number of hydrogen-bond donors (Lipinski definition) is 1. The van der Waals surface area contributed by atoms with Gasteiger partial charge < -0.3 is 24.1 Å². The predicted molar refractivity (Wildman–Crippen MR) is 83.6 cm³/mol. The Morgan fingerprint density at radius 2 is 1.36 bits per heavy atom. The number of benzene rings is 2. The molecule has 22 heavy (non-hydrogen) atoms. The van der Waals surface area contributed by atoms with E-state index in [4.69, 9.17) is 18.9 Å². The Kier molecular flexibility index (Phi) is 4.99. The smallest absolute Gasteiger partial charge is 0.203 e. The lowest BCUT2D eigenvalue weighted by Gasteiger charge is -2.15. The van der Waals surface area contributed by atoms with Gasteiger partial charge in [-0.05, 0) is 35.9 Å². The van der Waals surface area contributed by atoms with Gasteiger partial charge in [0.05, 0.1) is 28.4 Å². The molecule has 2 rings (SSSR count). The lowest BCUT2D eigenvalue weighted by Crippen LogP contribution is -1.99. The Labute approximate surface area is 130 Å². The van der Waals surface area contributed by atoms with Crippen molar-refractivity contribution in [2.45, 2.75) is 6.42 Å². The van der Waals surface area contributed by atoms with Crippen molar-refractivity contribution in [1.82, 2.24) is 0 Å². The maximum atomic E-state index is 9.67. The molecule has 2 aromatic carbocycles. The number of phenols is 1. The Morgan fingerprint density at radius 1 is 0.773 bits per heavy atom. The zero-order valence-corrected chi connectivity index (χ0v) is 13.2. The van der Waals surface area contributed by atoms with E-state index in [9.17, 15) is 5.11 Å². The van der Waals surface area contributed by atoms with Crippen LogP contribution in [0.2, 0.25) is 0 Å². The predicted octanol–water partition coefficient (Wildman–Crippen LogP) is 3.02. The van der Waals surface area contributed by atoms with Crippen molar-refractivity contribution in [3.63, 3.8) is 0 Å². The molecule has 0 fully saturated rings. The third-order valence-corrected chi connectivity index (χ3v) is 3.38. The summed E-state index contributed by atoms with van der Waals surface area (Å²) in [5.74, 6) is 2.65. The standard InChI is InChI=1S/C17H20O5/c1-19-14-6-5-13(18)10-12(14)7-11-8-15(20-2)17(22-4)16(9-11)21-3/h5-6,8-10,18H,7H2,1-4H3. The van der Waals surface area contributed by atoms with Gasteiger partial charge in [0.15, 0.2) is 11.5 Å². The summed E-state index contributed by atoms with van der Waals surface area (Å²) in [4.78, 5) is 0. The Morgan fingerprint density at radius 3 is 1.86 bits per heavy atom. The van der Waals surface area contributed by atoms with Crippen molar-refractivity contribution in [2.24, 2.45) is 0 Å². The topological polar surface area (TPSA) is 57.2 Å². The fourth-order valence-electron chi connectivity index (χ4n) is 2.36. The van der Waals surface area contributed by atoms with E-state index in [1.807, 2.05) is 12.1 Å². The molecule has 0 saturated heterocycles. The highest BCUT2D eigenvalue weighted by Crippen LogP contribution is 2.39. The van der Waals surface area contributed by atoms with Crippen molar-refractivity contribution < 1.29 is 24.1 Å². The van der Waals surface area contributed by atoms with Crippen molar-refractivity contribution in [1.29, 1.82) is 0 Å². The number of rotatable bonds is 6. The van der Waals surface area contributed by atoms with Crippen LogP contribution in [-0.4, -0.2) is 33.5 Å². The van der Waals surface area contributed by atoms with E-state index in [2.05, 4.69) is 0 Å². The van der Waals surface area contributed by atoms with E-state index in [0.717, 1.165) is 11.1 Å². The van der Waals surface area contributed by atoms with Crippen LogP contribution in [0, 0.1) is 0 Å². The van der Waals surface area contributed by atoms with E-state index in [1.54, 1.807) is 46.6 Å². The van der Waals surface area contributed by atoms with Gasteiger partial charge in [-0.15, -0.1) is 0 Å². The van der Waals surface area contributed by atoms with Gasteiger partial charge in [0.1, 0.15) is 11.5 Å². The molecule has 0 aliphatic heterocycles. The summed E-state index contributed by atoms with van der Waals surface area (Å²) in [5.41, 5.74) is 1.83. The van der Waals surface area contributed by atoms with Gasteiger partial charge >= 0.3 is 0 Å². The van der Waals surface area contributed by atoms with Gasteiger partial charge in [-0.3, -0.25) is 0 Å². The molecule has 0 amide bonds. The van der Waals surface area contributed by atoms with Crippen LogP contribution >= 0.6 is 0 Å². The first-order chi connectivity index (χ1) is 10.6.